The van der Waals surface area contributed by atoms with Crippen LogP contribution in [0, 0.1) is 46.3 Å². The molecule has 0 aromatic carbocycles. The van der Waals surface area contributed by atoms with Crippen LogP contribution >= 0.6 is 0 Å². The summed E-state index contributed by atoms with van der Waals surface area (Å²) in [6.45, 7) is 15.7. The van der Waals surface area contributed by atoms with Gasteiger partial charge in [0.25, 0.3) is 0 Å². The standard InChI is InChI=1S/C27H46O.C4H8O2/c1-18(2)7-6-8-19(3)23-11-12-24-22-10-9-20-17-21(28)13-15-26(20,4)25(22)14-16-27(23,24)5;1-2-6-4-3-5-1/h9,18-19,21-25,28H,6-8,10-17H2,1-5H3;1-4H2/t19?,21-,22-,23+,24-,25-,26-,27+;/m0./s1. The van der Waals surface area contributed by atoms with Crippen molar-refractivity contribution in [3.05, 3.63) is 11.6 Å². The molecule has 1 aliphatic heterocycles. The normalized spacial score (nSPS) is 42.6. The Bertz CT molecular complexity index is 671. The minimum Gasteiger partial charge on any atom is -0.393 e. The molecular weight excluding hydrogens is 420 g/mol. The number of aliphatic hydroxyl groups is 1. The molecule has 0 bridgehead atoms. The maximum atomic E-state index is 10.2. The summed E-state index contributed by atoms with van der Waals surface area (Å²) in [5.74, 6) is 5.46. The SMILES string of the molecule is C1COCCO1.CC(C)CCCC(C)[C@H]1CC[C@H]2[C@@H]3CC=C4C[C@@H](O)CC[C@]4(C)[C@H]3CC[C@]12C. The van der Waals surface area contributed by atoms with Crippen LogP contribution in [-0.2, 0) is 9.47 Å². The Morgan fingerprint density at radius 2 is 1.62 bits per heavy atom. The molecule has 0 amide bonds. The Balaban J connectivity index is 0.000000398. The van der Waals surface area contributed by atoms with Crippen LogP contribution < -0.4 is 0 Å². The molecule has 0 aromatic heterocycles. The zero-order valence-electron chi connectivity index (χ0n) is 23.0. The first kappa shape index (κ1) is 26.7. The van der Waals surface area contributed by atoms with E-state index in [1.807, 2.05) is 0 Å². The molecule has 34 heavy (non-hydrogen) atoms. The van der Waals surface area contributed by atoms with Crippen LogP contribution in [0.15, 0.2) is 11.6 Å². The Hall–Kier alpha value is -0.380. The molecule has 1 N–H and O–H groups in total. The van der Waals surface area contributed by atoms with Crippen molar-refractivity contribution in [3.63, 3.8) is 0 Å². The van der Waals surface area contributed by atoms with Gasteiger partial charge in [0.05, 0.1) is 32.5 Å². The number of rotatable bonds is 5. The first-order chi connectivity index (χ1) is 16.3. The Kier molecular flexibility index (Phi) is 8.90. The Labute approximate surface area is 210 Å². The highest BCUT2D eigenvalue weighted by Gasteiger charge is 2.59. The summed E-state index contributed by atoms with van der Waals surface area (Å²) in [6, 6.07) is 0. The van der Waals surface area contributed by atoms with Gasteiger partial charge in [0.15, 0.2) is 0 Å². The van der Waals surface area contributed by atoms with Crippen molar-refractivity contribution in [1.29, 1.82) is 0 Å². The first-order valence-electron chi connectivity index (χ1n) is 14.8. The average molecular weight is 475 g/mol. The van der Waals surface area contributed by atoms with E-state index in [9.17, 15) is 5.11 Å². The van der Waals surface area contributed by atoms with Crippen molar-refractivity contribution in [2.75, 3.05) is 26.4 Å². The predicted octanol–water partition coefficient (Wildman–Crippen LogP) is 7.42. The summed E-state index contributed by atoms with van der Waals surface area (Å²) < 4.78 is 9.89. The molecule has 3 saturated carbocycles. The molecule has 0 radical (unpaired) electrons. The monoisotopic (exact) mass is 474 g/mol. The minimum atomic E-state index is -0.0766. The molecular formula is C31H54O3. The van der Waals surface area contributed by atoms with E-state index in [4.69, 9.17) is 9.47 Å². The summed E-state index contributed by atoms with van der Waals surface area (Å²) in [5.41, 5.74) is 2.60. The van der Waals surface area contributed by atoms with Crippen molar-refractivity contribution >= 4 is 0 Å². The molecule has 3 nitrogen and oxygen atoms in total. The zero-order chi connectivity index (χ0) is 24.3. The van der Waals surface area contributed by atoms with Gasteiger partial charge in [-0.15, -0.1) is 0 Å². The second-order valence-corrected chi connectivity index (χ2v) is 13.4. The van der Waals surface area contributed by atoms with E-state index in [0.717, 1.165) is 74.8 Å². The third kappa shape index (κ3) is 5.47. The third-order valence-electron chi connectivity index (χ3n) is 11.0. The van der Waals surface area contributed by atoms with Crippen LogP contribution in [0.5, 0.6) is 0 Å². The molecule has 5 rings (SSSR count). The fourth-order valence-electron chi connectivity index (χ4n) is 9.11. The quantitative estimate of drug-likeness (QED) is 0.421. The van der Waals surface area contributed by atoms with Crippen molar-refractivity contribution < 1.29 is 14.6 Å². The highest BCUT2D eigenvalue weighted by molar-refractivity contribution is 5.25. The van der Waals surface area contributed by atoms with Crippen LogP contribution in [0.4, 0.5) is 0 Å². The van der Waals surface area contributed by atoms with E-state index < -0.39 is 0 Å². The number of hydrogen-bond acceptors (Lipinski definition) is 3. The van der Waals surface area contributed by atoms with E-state index >= 15 is 0 Å². The van der Waals surface area contributed by atoms with Crippen molar-refractivity contribution in [1.82, 2.24) is 0 Å². The fraction of sp³-hybridized carbons (Fsp3) is 0.935. The Morgan fingerprint density at radius 1 is 0.912 bits per heavy atom. The van der Waals surface area contributed by atoms with Gasteiger partial charge in [0.2, 0.25) is 0 Å². The lowest BCUT2D eigenvalue weighted by Crippen LogP contribution is -2.50. The predicted molar refractivity (Wildman–Crippen MR) is 141 cm³/mol. The smallest absolute Gasteiger partial charge is 0.0701 e. The van der Waals surface area contributed by atoms with Gasteiger partial charge >= 0.3 is 0 Å². The number of allylic oxidation sites excluding steroid dienone is 1. The molecule has 1 heterocycles. The van der Waals surface area contributed by atoms with Gasteiger partial charge in [-0.05, 0) is 97.7 Å². The summed E-state index contributed by atoms with van der Waals surface area (Å²) in [6.07, 6.45) is 17.2. The molecule has 4 aliphatic carbocycles. The summed E-state index contributed by atoms with van der Waals surface area (Å²) >= 11 is 0. The van der Waals surface area contributed by atoms with Crippen molar-refractivity contribution in [2.24, 2.45) is 46.3 Å². The van der Waals surface area contributed by atoms with Gasteiger partial charge in [-0.2, -0.15) is 0 Å². The van der Waals surface area contributed by atoms with Crippen LogP contribution in [0.3, 0.4) is 0 Å². The maximum absolute atomic E-state index is 10.2. The lowest BCUT2D eigenvalue weighted by atomic mass is 9.47. The molecule has 196 valence electrons. The van der Waals surface area contributed by atoms with Crippen molar-refractivity contribution in [3.8, 4) is 0 Å². The van der Waals surface area contributed by atoms with E-state index in [1.165, 1.54) is 57.8 Å². The highest BCUT2D eigenvalue weighted by Crippen LogP contribution is 2.67. The van der Waals surface area contributed by atoms with E-state index in [-0.39, 0.29) is 6.10 Å². The second-order valence-electron chi connectivity index (χ2n) is 13.4. The zero-order valence-corrected chi connectivity index (χ0v) is 23.0. The van der Waals surface area contributed by atoms with Crippen molar-refractivity contribution in [2.45, 2.75) is 111 Å². The second kappa shape index (κ2) is 11.3. The average Bonchev–Trinajstić information content (AvgIpc) is 3.18. The lowest BCUT2D eigenvalue weighted by molar-refractivity contribution is -0.0573. The van der Waals surface area contributed by atoms with Crippen LogP contribution in [0.2, 0.25) is 0 Å². The molecule has 0 aromatic rings. The minimum absolute atomic E-state index is 0.0766. The first-order valence-corrected chi connectivity index (χ1v) is 14.8. The topological polar surface area (TPSA) is 38.7 Å². The lowest BCUT2D eigenvalue weighted by Gasteiger charge is -2.58. The van der Waals surface area contributed by atoms with Gasteiger partial charge in [-0.25, -0.2) is 0 Å². The third-order valence-corrected chi connectivity index (χ3v) is 11.0. The molecule has 4 fully saturated rings. The number of ether oxygens (including phenoxy) is 2. The van der Waals surface area contributed by atoms with E-state index in [1.54, 1.807) is 5.57 Å². The summed E-state index contributed by atoms with van der Waals surface area (Å²) in [7, 11) is 0. The summed E-state index contributed by atoms with van der Waals surface area (Å²) in [5, 5.41) is 10.2. The van der Waals surface area contributed by atoms with Gasteiger partial charge in [0, 0.05) is 0 Å². The molecule has 3 heteroatoms. The molecule has 5 aliphatic rings. The highest BCUT2D eigenvalue weighted by atomic mass is 16.6. The molecule has 8 atom stereocenters. The molecule has 1 unspecified atom stereocenters. The van der Waals surface area contributed by atoms with Gasteiger partial charge < -0.3 is 14.6 Å². The van der Waals surface area contributed by atoms with Gasteiger partial charge in [-0.1, -0.05) is 65.5 Å². The number of fused-ring (bicyclic) bond motifs is 5. The van der Waals surface area contributed by atoms with E-state index in [0.29, 0.717) is 10.8 Å². The largest absolute Gasteiger partial charge is 0.393 e. The van der Waals surface area contributed by atoms with Gasteiger partial charge in [-0.3, -0.25) is 0 Å². The molecule has 0 spiro atoms. The van der Waals surface area contributed by atoms with Crippen LogP contribution in [-0.4, -0.2) is 37.6 Å². The number of hydrogen-bond donors (Lipinski definition) is 1. The Morgan fingerprint density at radius 3 is 2.26 bits per heavy atom. The van der Waals surface area contributed by atoms with Crippen LogP contribution in [0.25, 0.3) is 0 Å². The van der Waals surface area contributed by atoms with E-state index in [2.05, 4.69) is 40.7 Å². The maximum Gasteiger partial charge on any atom is 0.0701 e. The number of aliphatic hydroxyl groups excluding tert-OH is 1. The van der Waals surface area contributed by atoms with Gasteiger partial charge in [0.1, 0.15) is 0 Å². The molecule has 1 saturated heterocycles. The fourth-order valence-corrected chi connectivity index (χ4v) is 9.11. The van der Waals surface area contributed by atoms with Crippen LogP contribution in [0.1, 0.15) is 105 Å². The summed E-state index contributed by atoms with van der Waals surface area (Å²) in [4.78, 5) is 0.